The molecule has 0 saturated heterocycles. The Morgan fingerprint density at radius 3 is 2.94 bits per heavy atom. The Kier molecular flexibility index (Phi) is 3.14. The molecule has 17 heavy (non-hydrogen) atoms. The largest absolute Gasteiger partial charge is 0.478 e. The number of carbonyl (C=O) groups is 1. The number of carboxylic acid groups (broad SMARTS) is 1. The highest BCUT2D eigenvalue weighted by molar-refractivity contribution is 7.98. The minimum absolute atomic E-state index is 0.191. The van der Waals surface area contributed by atoms with Gasteiger partial charge in [0, 0.05) is 19.7 Å². The van der Waals surface area contributed by atoms with Gasteiger partial charge < -0.3 is 9.52 Å². The lowest BCUT2D eigenvalue weighted by Gasteiger charge is -2.00. The average molecular weight is 254 g/mol. The van der Waals surface area contributed by atoms with Crippen molar-refractivity contribution in [3.8, 4) is 0 Å². The summed E-state index contributed by atoms with van der Waals surface area (Å²) in [6.07, 6.45) is 1.33. The van der Waals surface area contributed by atoms with Gasteiger partial charge in [-0.15, -0.1) is 10.2 Å². The van der Waals surface area contributed by atoms with Gasteiger partial charge in [0.2, 0.25) is 5.89 Å². The van der Waals surface area contributed by atoms with Crippen molar-refractivity contribution in [2.24, 2.45) is 7.05 Å². The van der Waals surface area contributed by atoms with Crippen molar-refractivity contribution in [1.82, 2.24) is 20.0 Å². The molecule has 0 aliphatic heterocycles. The lowest BCUT2D eigenvalue weighted by Crippen LogP contribution is -2.03. The van der Waals surface area contributed by atoms with Crippen LogP contribution in [0, 0.1) is 6.92 Å². The lowest BCUT2D eigenvalue weighted by atomic mass is 10.3. The summed E-state index contributed by atoms with van der Waals surface area (Å²) < 4.78 is 6.71. The van der Waals surface area contributed by atoms with E-state index in [1.807, 2.05) is 0 Å². The molecule has 2 aromatic heterocycles. The molecule has 0 unspecified atom stereocenters. The van der Waals surface area contributed by atoms with E-state index in [0.717, 1.165) is 0 Å². The van der Waals surface area contributed by atoms with Gasteiger partial charge in [0.15, 0.2) is 0 Å². The third kappa shape index (κ3) is 2.47. The number of thioether (sulfide) groups is 1. The number of aryl methyl sites for hydroxylation is 2. The molecule has 0 amide bonds. The minimum Gasteiger partial charge on any atom is -0.478 e. The fraction of sp³-hybridized carbons (Fsp3) is 0.333. The van der Waals surface area contributed by atoms with E-state index in [9.17, 15) is 4.79 Å². The zero-order valence-corrected chi connectivity index (χ0v) is 10.1. The van der Waals surface area contributed by atoms with Gasteiger partial charge in [0.25, 0.3) is 5.22 Å². The van der Waals surface area contributed by atoms with E-state index < -0.39 is 5.97 Å². The van der Waals surface area contributed by atoms with Crippen molar-refractivity contribution in [2.45, 2.75) is 17.9 Å². The molecular weight excluding hydrogens is 244 g/mol. The molecule has 0 atom stereocenters. The topological polar surface area (TPSA) is 94.0 Å². The molecule has 0 radical (unpaired) electrons. The maximum Gasteiger partial charge on any atom is 0.339 e. The predicted octanol–water partition coefficient (Wildman–Crippen LogP) is 1.10. The standard InChI is InChI=1S/C9H10N4O3S/c1-5-11-12-9(16-5)17-4-7-6(8(14)15)3-10-13(7)2/h3H,4H2,1-2H3,(H,14,15). The van der Waals surface area contributed by atoms with E-state index in [-0.39, 0.29) is 5.56 Å². The summed E-state index contributed by atoms with van der Waals surface area (Å²) in [6, 6.07) is 0. The molecular formula is C9H10N4O3S. The van der Waals surface area contributed by atoms with Gasteiger partial charge in [-0.3, -0.25) is 4.68 Å². The van der Waals surface area contributed by atoms with E-state index in [4.69, 9.17) is 9.52 Å². The second kappa shape index (κ2) is 4.58. The van der Waals surface area contributed by atoms with E-state index >= 15 is 0 Å². The molecule has 2 rings (SSSR count). The average Bonchev–Trinajstić information content (AvgIpc) is 2.82. The number of nitrogens with zero attached hydrogens (tertiary/aromatic N) is 4. The Balaban J connectivity index is 2.13. The molecule has 0 aliphatic carbocycles. The van der Waals surface area contributed by atoms with E-state index in [1.54, 1.807) is 14.0 Å². The summed E-state index contributed by atoms with van der Waals surface area (Å²) in [7, 11) is 1.70. The number of hydrogen-bond acceptors (Lipinski definition) is 6. The Labute approximate surface area is 101 Å². The van der Waals surface area contributed by atoms with E-state index in [0.29, 0.717) is 22.6 Å². The zero-order valence-electron chi connectivity index (χ0n) is 9.25. The SMILES string of the molecule is Cc1nnc(SCc2c(C(=O)O)cnn2C)o1. The molecule has 1 N–H and O–H groups in total. The Morgan fingerprint density at radius 2 is 2.35 bits per heavy atom. The minimum atomic E-state index is -0.990. The summed E-state index contributed by atoms with van der Waals surface area (Å²) >= 11 is 1.28. The molecule has 0 aliphatic rings. The fourth-order valence-electron chi connectivity index (χ4n) is 1.28. The number of aromatic carboxylic acids is 1. The highest BCUT2D eigenvalue weighted by Crippen LogP contribution is 2.22. The number of aromatic nitrogens is 4. The maximum atomic E-state index is 10.9. The second-order valence-corrected chi connectivity index (χ2v) is 4.24. The number of carboxylic acids is 1. The van der Waals surface area contributed by atoms with Crippen molar-refractivity contribution < 1.29 is 14.3 Å². The van der Waals surface area contributed by atoms with Crippen molar-refractivity contribution in [3.63, 3.8) is 0 Å². The molecule has 0 spiro atoms. The normalized spacial score (nSPS) is 10.7. The van der Waals surface area contributed by atoms with Gasteiger partial charge in [-0.25, -0.2) is 4.79 Å². The van der Waals surface area contributed by atoms with Crippen LogP contribution in [0.15, 0.2) is 15.8 Å². The van der Waals surface area contributed by atoms with Crippen LogP contribution in [0.25, 0.3) is 0 Å². The third-order valence-electron chi connectivity index (χ3n) is 2.13. The maximum absolute atomic E-state index is 10.9. The van der Waals surface area contributed by atoms with Gasteiger partial charge in [-0.1, -0.05) is 11.8 Å². The molecule has 0 saturated carbocycles. The molecule has 0 fully saturated rings. The van der Waals surface area contributed by atoms with Gasteiger partial charge in [0.1, 0.15) is 5.56 Å². The van der Waals surface area contributed by atoms with Crippen molar-refractivity contribution >= 4 is 17.7 Å². The molecule has 90 valence electrons. The van der Waals surface area contributed by atoms with Crippen LogP contribution in [-0.4, -0.2) is 31.1 Å². The first-order valence-electron chi connectivity index (χ1n) is 4.75. The van der Waals surface area contributed by atoms with E-state index in [2.05, 4.69) is 15.3 Å². The van der Waals surface area contributed by atoms with Crippen molar-refractivity contribution in [2.75, 3.05) is 0 Å². The molecule has 7 nitrogen and oxygen atoms in total. The summed E-state index contributed by atoms with van der Waals surface area (Å²) in [5.41, 5.74) is 0.801. The Bertz CT molecular complexity index is 548. The van der Waals surface area contributed by atoms with Crippen LogP contribution in [0.1, 0.15) is 21.9 Å². The molecule has 8 heteroatoms. The van der Waals surface area contributed by atoms with Crippen LogP contribution in [0.2, 0.25) is 0 Å². The first kappa shape index (κ1) is 11.6. The molecule has 2 aromatic rings. The lowest BCUT2D eigenvalue weighted by molar-refractivity contribution is 0.0696. The first-order valence-corrected chi connectivity index (χ1v) is 5.73. The molecule has 0 aromatic carbocycles. The van der Waals surface area contributed by atoms with Gasteiger partial charge in [-0.2, -0.15) is 5.10 Å². The predicted molar refractivity (Wildman–Crippen MR) is 58.8 cm³/mol. The van der Waals surface area contributed by atoms with Gasteiger partial charge in [0.05, 0.1) is 11.9 Å². The Hall–Kier alpha value is -1.83. The third-order valence-corrected chi connectivity index (χ3v) is 2.96. The van der Waals surface area contributed by atoms with Crippen molar-refractivity contribution in [3.05, 3.63) is 23.3 Å². The van der Waals surface area contributed by atoms with Gasteiger partial charge >= 0.3 is 5.97 Å². The summed E-state index contributed by atoms with van der Waals surface area (Å²) in [4.78, 5) is 10.9. The highest BCUT2D eigenvalue weighted by atomic mass is 32.2. The van der Waals surface area contributed by atoms with E-state index in [1.165, 1.54) is 22.6 Å². The fourth-order valence-corrected chi connectivity index (χ4v) is 2.16. The van der Waals surface area contributed by atoms with Crippen LogP contribution in [0.5, 0.6) is 0 Å². The highest BCUT2D eigenvalue weighted by Gasteiger charge is 2.16. The summed E-state index contributed by atoms with van der Waals surface area (Å²) in [5, 5.41) is 20.8. The molecule has 0 bridgehead atoms. The van der Waals surface area contributed by atoms with Crippen LogP contribution in [0.4, 0.5) is 0 Å². The van der Waals surface area contributed by atoms with Crippen LogP contribution < -0.4 is 0 Å². The van der Waals surface area contributed by atoms with Crippen LogP contribution >= 0.6 is 11.8 Å². The smallest absolute Gasteiger partial charge is 0.339 e. The first-order chi connectivity index (χ1) is 8.08. The van der Waals surface area contributed by atoms with Crippen LogP contribution in [-0.2, 0) is 12.8 Å². The van der Waals surface area contributed by atoms with Crippen LogP contribution in [0.3, 0.4) is 0 Å². The number of hydrogen-bond donors (Lipinski definition) is 1. The van der Waals surface area contributed by atoms with Crippen molar-refractivity contribution in [1.29, 1.82) is 0 Å². The summed E-state index contributed by atoms with van der Waals surface area (Å²) in [5.74, 6) is -0.0916. The molecule has 2 heterocycles. The summed E-state index contributed by atoms with van der Waals surface area (Å²) in [6.45, 7) is 1.70. The Morgan fingerprint density at radius 1 is 1.59 bits per heavy atom. The van der Waals surface area contributed by atoms with Gasteiger partial charge in [-0.05, 0) is 0 Å². The quantitative estimate of drug-likeness (QED) is 0.816. The monoisotopic (exact) mass is 254 g/mol. The second-order valence-electron chi connectivity index (χ2n) is 3.31. The number of rotatable bonds is 4. The zero-order chi connectivity index (χ0) is 12.4.